The van der Waals surface area contributed by atoms with E-state index >= 15 is 0 Å². The molecular weight excluding hydrogens is 362 g/mol. The predicted molar refractivity (Wildman–Crippen MR) is 104 cm³/mol. The van der Waals surface area contributed by atoms with Gasteiger partial charge in [-0.05, 0) is 54.3 Å². The predicted octanol–water partition coefficient (Wildman–Crippen LogP) is 3.02. The van der Waals surface area contributed by atoms with E-state index < -0.39 is 9.84 Å². The summed E-state index contributed by atoms with van der Waals surface area (Å²) in [6, 6.07) is 9.01. The van der Waals surface area contributed by atoms with Gasteiger partial charge in [0.15, 0.2) is 15.6 Å². The lowest BCUT2D eigenvalue weighted by Crippen LogP contribution is -2.02. The Morgan fingerprint density at radius 2 is 1.93 bits per heavy atom. The molecule has 0 fully saturated rings. The highest BCUT2D eigenvalue weighted by Crippen LogP contribution is 2.39. The van der Waals surface area contributed by atoms with Crippen molar-refractivity contribution in [3.63, 3.8) is 0 Å². The Morgan fingerprint density at radius 3 is 2.78 bits per heavy atom. The molecule has 3 N–H and O–H groups in total. The van der Waals surface area contributed by atoms with Crippen molar-refractivity contribution in [2.24, 2.45) is 0 Å². The Labute approximate surface area is 156 Å². The number of aryl methyl sites for hydroxylation is 2. The summed E-state index contributed by atoms with van der Waals surface area (Å²) in [6.45, 7) is 0. The van der Waals surface area contributed by atoms with Crippen LogP contribution in [0.5, 0.6) is 0 Å². The van der Waals surface area contributed by atoms with Gasteiger partial charge in [-0.2, -0.15) is 0 Å². The monoisotopic (exact) mass is 379 g/mol. The van der Waals surface area contributed by atoms with Crippen LogP contribution < -0.4 is 11.1 Å². The number of rotatable bonds is 2. The van der Waals surface area contributed by atoms with Crippen LogP contribution >= 0.6 is 0 Å². The fraction of sp³-hybridized carbons (Fsp3) is 0.200. The molecule has 0 atom stereocenters. The topological polar surface area (TPSA) is 102 Å². The van der Waals surface area contributed by atoms with E-state index in [0.717, 1.165) is 34.2 Å². The third-order valence-electron chi connectivity index (χ3n) is 5.38. The molecule has 7 heteroatoms. The van der Waals surface area contributed by atoms with Crippen LogP contribution in [0.1, 0.15) is 27.9 Å². The van der Waals surface area contributed by atoms with E-state index in [4.69, 9.17) is 5.73 Å². The van der Waals surface area contributed by atoms with Crippen molar-refractivity contribution in [3.8, 4) is 0 Å². The maximum absolute atomic E-state index is 12.3. The highest BCUT2D eigenvalue weighted by Gasteiger charge is 2.29. The van der Waals surface area contributed by atoms with Gasteiger partial charge in [-0.25, -0.2) is 8.42 Å². The zero-order valence-electron chi connectivity index (χ0n) is 14.5. The quantitative estimate of drug-likeness (QED) is 0.710. The first kappa shape index (κ1) is 16.3. The minimum atomic E-state index is -3.25. The van der Waals surface area contributed by atoms with Gasteiger partial charge in [0.05, 0.1) is 33.7 Å². The number of aromatic nitrogens is 1. The maximum atomic E-state index is 12.3. The molecule has 0 saturated heterocycles. The van der Waals surface area contributed by atoms with Crippen LogP contribution in [0.2, 0.25) is 0 Å². The number of hydrogen-bond donors (Lipinski definition) is 2. The first-order valence-electron chi connectivity index (χ1n) is 8.80. The van der Waals surface area contributed by atoms with E-state index in [-0.39, 0.29) is 11.5 Å². The molecule has 2 aliphatic rings. The molecule has 1 aliphatic carbocycles. The highest BCUT2D eigenvalue weighted by atomic mass is 32.2. The Morgan fingerprint density at radius 1 is 1.07 bits per heavy atom. The molecule has 0 radical (unpaired) electrons. The van der Waals surface area contributed by atoms with Gasteiger partial charge < -0.3 is 11.1 Å². The molecule has 6 nitrogen and oxygen atoms in total. The SMILES string of the molecule is Nc1cnc2ccc3c(c2c1Nc1ccc2c(c1)CCC2=O)CCS3(=O)=O. The van der Waals surface area contributed by atoms with Crippen molar-refractivity contribution in [1.82, 2.24) is 4.98 Å². The average Bonchev–Trinajstić information content (AvgIpc) is 3.17. The van der Waals surface area contributed by atoms with Crippen molar-refractivity contribution in [2.75, 3.05) is 16.8 Å². The number of fused-ring (bicyclic) bond motifs is 4. The first-order valence-corrected chi connectivity index (χ1v) is 10.5. The smallest absolute Gasteiger partial charge is 0.179 e. The molecular formula is C20H17N3O3S. The number of hydrogen-bond acceptors (Lipinski definition) is 6. The van der Waals surface area contributed by atoms with Crippen LogP contribution in [-0.4, -0.2) is 24.9 Å². The van der Waals surface area contributed by atoms with Crippen LogP contribution in [0, 0.1) is 0 Å². The Hall–Kier alpha value is -2.93. The molecule has 136 valence electrons. The molecule has 1 aliphatic heterocycles. The van der Waals surface area contributed by atoms with Gasteiger partial charge in [0, 0.05) is 23.1 Å². The standard InChI is InChI=1S/C20H17N3O3S/c21-15-10-22-16-4-6-18-14(7-8-27(18,25)26)19(16)20(15)23-12-2-3-13-11(9-12)1-5-17(13)24/h2-4,6,9-10H,1,5,7-8,21H2,(H,22,23). The molecule has 27 heavy (non-hydrogen) atoms. The number of nitrogens with two attached hydrogens (primary N) is 1. The Bertz CT molecular complexity index is 1250. The highest BCUT2D eigenvalue weighted by molar-refractivity contribution is 7.91. The summed E-state index contributed by atoms with van der Waals surface area (Å²) in [4.78, 5) is 16.6. The molecule has 0 unspecified atom stereocenters. The average molecular weight is 379 g/mol. The fourth-order valence-electron chi connectivity index (χ4n) is 4.05. The van der Waals surface area contributed by atoms with Crippen LogP contribution in [0.4, 0.5) is 17.1 Å². The van der Waals surface area contributed by atoms with Crippen molar-refractivity contribution < 1.29 is 13.2 Å². The number of nitrogens with zero attached hydrogens (tertiary/aromatic N) is 1. The number of sulfone groups is 1. The van der Waals surface area contributed by atoms with Crippen LogP contribution in [-0.2, 0) is 22.7 Å². The maximum Gasteiger partial charge on any atom is 0.179 e. The number of ketones is 1. The van der Waals surface area contributed by atoms with Gasteiger partial charge in [0.1, 0.15) is 0 Å². The molecule has 1 aromatic heterocycles. The Balaban J connectivity index is 1.69. The number of carbonyl (C=O) groups is 1. The van der Waals surface area contributed by atoms with E-state index in [1.165, 1.54) is 0 Å². The number of Topliss-reactive ketones (excluding diaryl/α,β-unsaturated/α-hetero) is 1. The fourth-order valence-corrected chi connectivity index (χ4v) is 5.60. The molecule has 2 aromatic carbocycles. The molecule has 0 bridgehead atoms. The van der Waals surface area contributed by atoms with E-state index in [2.05, 4.69) is 10.3 Å². The van der Waals surface area contributed by atoms with Gasteiger partial charge in [-0.1, -0.05) is 0 Å². The number of pyridine rings is 1. The van der Waals surface area contributed by atoms with Gasteiger partial charge in [-0.15, -0.1) is 0 Å². The molecule has 3 aromatic rings. The number of nitrogen functional groups attached to an aromatic ring is 1. The zero-order valence-corrected chi connectivity index (χ0v) is 15.3. The lowest BCUT2D eigenvalue weighted by Gasteiger charge is -2.15. The second-order valence-electron chi connectivity index (χ2n) is 7.01. The largest absolute Gasteiger partial charge is 0.396 e. The van der Waals surface area contributed by atoms with E-state index in [1.807, 2.05) is 18.2 Å². The van der Waals surface area contributed by atoms with Gasteiger partial charge in [0.25, 0.3) is 0 Å². The van der Waals surface area contributed by atoms with Crippen LogP contribution in [0.25, 0.3) is 10.9 Å². The summed E-state index contributed by atoms with van der Waals surface area (Å²) in [6.07, 6.45) is 3.32. The summed E-state index contributed by atoms with van der Waals surface area (Å²) < 4.78 is 24.6. The molecule has 0 spiro atoms. The zero-order chi connectivity index (χ0) is 18.8. The molecule has 5 rings (SSSR count). The minimum Gasteiger partial charge on any atom is -0.396 e. The third kappa shape index (κ3) is 2.42. The van der Waals surface area contributed by atoms with Crippen molar-refractivity contribution in [2.45, 2.75) is 24.2 Å². The summed E-state index contributed by atoms with van der Waals surface area (Å²) in [5, 5.41) is 4.10. The molecule has 0 saturated carbocycles. The van der Waals surface area contributed by atoms with Crippen molar-refractivity contribution >= 4 is 43.6 Å². The number of carbonyl (C=O) groups excluding carboxylic acids is 1. The van der Waals surface area contributed by atoms with Crippen LogP contribution in [0.15, 0.2) is 41.4 Å². The van der Waals surface area contributed by atoms with E-state index in [1.54, 1.807) is 18.3 Å². The van der Waals surface area contributed by atoms with Gasteiger partial charge in [0.2, 0.25) is 0 Å². The number of nitrogens with one attached hydrogen (secondary N) is 1. The van der Waals surface area contributed by atoms with Crippen molar-refractivity contribution in [1.29, 1.82) is 0 Å². The summed E-state index contributed by atoms with van der Waals surface area (Å²) in [5.41, 5.74) is 11.4. The lowest BCUT2D eigenvalue weighted by atomic mass is 10.0. The number of benzene rings is 2. The summed E-state index contributed by atoms with van der Waals surface area (Å²) in [7, 11) is -3.25. The minimum absolute atomic E-state index is 0.108. The van der Waals surface area contributed by atoms with E-state index in [9.17, 15) is 13.2 Å². The molecule has 2 heterocycles. The molecule has 0 amide bonds. The third-order valence-corrected chi connectivity index (χ3v) is 7.18. The van der Waals surface area contributed by atoms with Crippen molar-refractivity contribution in [3.05, 3.63) is 53.2 Å². The summed E-state index contributed by atoms with van der Waals surface area (Å²) in [5.74, 6) is 0.282. The Kier molecular flexibility index (Phi) is 3.33. The van der Waals surface area contributed by atoms with Gasteiger partial charge in [-0.3, -0.25) is 9.78 Å². The van der Waals surface area contributed by atoms with Crippen LogP contribution in [0.3, 0.4) is 0 Å². The van der Waals surface area contributed by atoms with E-state index in [0.29, 0.717) is 34.6 Å². The first-order chi connectivity index (χ1) is 12.9. The second kappa shape index (κ2) is 5.53. The lowest BCUT2D eigenvalue weighted by molar-refractivity contribution is 0.0994. The normalized spacial score (nSPS) is 17.1. The van der Waals surface area contributed by atoms with Gasteiger partial charge >= 0.3 is 0 Å². The number of anilines is 3. The second-order valence-corrected chi connectivity index (χ2v) is 9.09. The summed E-state index contributed by atoms with van der Waals surface area (Å²) >= 11 is 0.